The van der Waals surface area contributed by atoms with Gasteiger partial charge in [0.05, 0.1) is 6.04 Å². The fourth-order valence-electron chi connectivity index (χ4n) is 3.40. The normalized spacial score (nSPS) is 17.5. The molecule has 2 aromatic carbocycles. The smallest absolute Gasteiger partial charge is 0.239 e. The summed E-state index contributed by atoms with van der Waals surface area (Å²) in [6.07, 6.45) is 2.42. The molecule has 0 aliphatic carbocycles. The Kier molecular flexibility index (Phi) is 6.07. The maximum Gasteiger partial charge on any atom is 0.239 e. The lowest BCUT2D eigenvalue weighted by Gasteiger charge is -2.33. The topological polar surface area (TPSA) is 96.7 Å². The van der Waals surface area contributed by atoms with Gasteiger partial charge >= 0.3 is 0 Å². The van der Waals surface area contributed by atoms with Crippen molar-refractivity contribution in [3.05, 3.63) is 48.0 Å². The molecule has 1 fully saturated rings. The molecule has 0 spiro atoms. The number of fused-ring (bicyclic) bond motifs is 1. The van der Waals surface area contributed by atoms with Crippen molar-refractivity contribution in [3.8, 4) is 0 Å². The summed E-state index contributed by atoms with van der Waals surface area (Å²) in [6, 6.07) is 14.7. The molecule has 1 atom stereocenters. The average molecular weight is 353 g/mol. The molecule has 1 aliphatic rings. The number of nitrogens with zero attached hydrogens (tertiary/aromatic N) is 2. The number of amides is 1. The molecule has 1 heterocycles. The van der Waals surface area contributed by atoms with Crippen LogP contribution in [0, 0.1) is 0 Å². The van der Waals surface area contributed by atoms with Crippen LogP contribution >= 0.6 is 0 Å². The Balaban J connectivity index is 1.53. The Morgan fingerprint density at radius 1 is 1.19 bits per heavy atom. The molecule has 6 nitrogen and oxygen atoms in total. The van der Waals surface area contributed by atoms with Gasteiger partial charge in [-0.3, -0.25) is 9.79 Å². The first kappa shape index (κ1) is 18.2. The zero-order chi connectivity index (χ0) is 18.4. The second kappa shape index (κ2) is 8.67. The van der Waals surface area contributed by atoms with Crippen LogP contribution in [-0.2, 0) is 11.2 Å². The predicted octanol–water partition coefficient (Wildman–Crippen LogP) is 1.24. The molecule has 3 rings (SSSR count). The van der Waals surface area contributed by atoms with Gasteiger partial charge in [0, 0.05) is 26.2 Å². The number of nitrogens with two attached hydrogens (primary N) is 2. The first-order valence-corrected chi connectivity index (χ1v) is 9.19. The molecule has 1 saturated heterocycles. The number of nitrogens with one attached hydrogen (secondary N) is 1. The fourth-order valence-corrected chi connectivity index (χ4v) is 3.40. The number of rotatable bonds is 7. The highest BCUT2D eigenvalue weighted by molar-refractivity contribution is 5.83. The van der Waals surface area contributed by atoms with Crippen LogP contribution in [0.1, 0.15) is 18.4 Å². The van der Waals surface area contributed by atoms with E-state index in [9.17, 15) is 4.79 Å². The lowest BCUT2D eigenvalue weighted by molar-refractivity contribution is -0.135. The number of hydrogen-bond donors (Lipinski definition) is 3. The first-order chi connectivity index (χ1) is 12.6. The molecule has 0 saturated carbocycles. The van der Waals surface area contributed by atoms with Crippen molar-refractivity contribution in [2.24, 2.45) is 16.5 Å². The summed E-state index contributed by atoms with van der Waals surface area (Å²) in [4.78, 5) is 18.6. The molecular formula is C20H27N5O. The summed E-state index contributed by atoms with van der Waals surface area (Å²) in [7, 11) is 0. The SMILES string of the molecule is NC(N)=NCCCC1NCCN(CCc2ccc3ccccc3c2)C1=O. The van der Waals surface area contributed by atoms with Crippen LogP contribution in [0.2, 0.25) is 0 Å². The molecule has 5 N–H and O–H groups in total. The van der Waals surface area contributed by atoms with Gasteiger partial charge in [-0.15, -0.1) is 0 Å². The van der Waals surface area contributed by atoms with E-state index in [1.54, 1.807) is 0 Å². The maximum absolute atomic E-state index is 12.7. The molecule has 1 unspecified atom stereocenters. The van der Waals surface area contributed by atoms with Crippen molar-refractivity contribution in [2.75, 3.05) is 26.2 Å². The molecular weight excluding hydrogens is 326 g/mol. The van der Waals surface area contributed by atoms with E-state index >= 15 is 0 Å². The molecule has 0 radical (unpaired) electrons. The van der Waals surface area contributed by atoms with Crippen molar-refractivity contribution in [1.82, 2.24) is 10.2 Å². The van der Waals surface area contributed by atoms with E-state index in [0.29, 0.717) is 6.54 Å². The third-order valence-electron chi connectivity index (χ3n) is 4.81. The number of aliphatic imine (C=N–C) groups is 1. The summed E-state index contributed by atoms with van der Waals surface area (Å²) < 4.78 is 0. The number of piperazine rings is 1. The molecule has 6 heteroatoms. The van der Waals surface area contributed by atoms with Crippen molar-refractivity contribution < 1.29 is 4.79 Å². The third-order valence-corrected chi connectivity index (χ3v) is 4.81. The Hall–Kier alpha value is -2.60. The minimum Gasteiger partial charge on any atom is -0.370 e. The summed E-state index contributed by atoms with van der Waals surface area (Å²) >= 11 is 0. The summed E-state index contributed by atoms with van der Waals surface area (Å²) in [5.74, 6) is 0.284. The number of carbonyl (C=O) groups excluding carboxylic acids is 1. The van der Waals surface area contributed by atoms with E-state index < -0.39 is 0 Å². The second-order valence-corrected chi connectivity index (χ2v) is 6.71. The molecule has 0 aromatic heterocycles. The quantitative estimate of drug-likeness (QED) is 0.396. The summed E-state index contributed by atoms with van der Waals surface area (Å²) in [5.41, 5.74) is 11.9. The van der Waals surface area contributed by atoms with Crippen molar-refractivity contribution >= 4 is 22.6 Å². The van der Waals surface area contributed by atoms with Gasteiger partial charge in [-0.1, -0.05) is 42.5 Å². The monoisotopic (exact) mass is 353 g/mol. The highest BCUT2D eigenvalue weighted by Crippen LogP contribution is 2.17. The van der Waals surface area contributed by atoms with Crippen LogP contribution in [-0.4, -0.2) is 49.0 Å². The predicted molar refractivity (Wildman–Crippen MR) is 106 cm³/mol. The van der Waals surface area contributed by atoms with E-state index in [1.807, 2.05) is 4.90 Å². The van der Waals surface area contributed by atoms with E-state index in [2.05, 4.69) is 52.8 Å². The van der Waals surface area contributed by atoms with Gasteiger partial charge in [-0.05, 0) is 35.6 Å². The van der Waals surface area contributed by atoms with E-state index in [-0.39, 0.29) is 17.9 Å². The number of carbonyl (C=O) groups is 1. The second-order valence-electron chi connectivity index (χ2n) is 6.71. The molecule has 2 aromatic rings. The lowest BCUT2D eigenvalue weighted by Crippen LogP contribution is -2.55. The highest BCUT2D eigenvalue weighted by Gasteiger charge is 2.27. The molecule has 1 amide bonds. The Morgan fingerprint density at radius 2 is 2.00 bits per heavy atom. The number of benzene rings is 2. The number of guanidine groups is 1. The minimum atomic E-state index is -0.130. The first-order valence-electron chi connectivity index (χ1n) is 9.19. The van der Waals surface area contributed by atoms with Crippen molar-refractivity contribution in [3.63, 3.8) is 0 Å². The van der Waals surface area contributed by atoms with E-state index in [1.165, 1.54) is 16.3 Å². The zero-order valence-electron chi connectivity index (χ0n) is 15.0. The lowest BCUT2D eigenvalue weighted by atomic mass is 10.0. The van der Waals surface area contributed by atoms with Gasteiger partial charge in [0.15, 0.2) is 5.96 Å². The molecule has 138 valence electrons. The van der Waals surface area contributed by atoms with Crippen LogP contribution in [0.15, 0.2) is 47.5 Å². The number of hydrogen-bond acceptors (Lipinski definition) is 3. The Labute approximate surface area is 154 Å². The molecule has 0 bridgehead atoms. The average Bonchev–Trinajstić information content (AvgIpc) is 2.65. The van der Waals surface area contributed by atoms with Crippen LogP contribution < -0.4 is 16.8 Å². The highest BCUT2D eigenvalue weighted by atomic mass is 16.2. The van der Waals surface area contributed by atoms with E-state index in [4.69, 9.17) is 11.5 Å². The van der Waals surface area contributed by atoms with Crippen molar-refractivity contribution in [2.45, 2.75) is 25.3 Å². The zero-order valence-corrected chi connectivity index (χ0v) is 15.0. The van der Waals surface area contributed by atoms with Crippen LogP contribution in [0.4, 0.5) is 0 Å². The van der Waals surface area contributed by atoms with Gasteiger partial charge in [0.25, 0.3) is 0 Å². The fraction of sp³-hybridized carbons (Fsp3) is 0.400. The maximum atomic E-state index is 12.7. The standard InChI is InChI=1S/C20H27N5O/c21-20(22)24-10-3-6-18-19(26)25(13-11-23-18)12-9-15-7-8-16-4-1-2-5-17(16)14-15/h1-2,4-5,7-8,14,18,23H,3,6,9-13H2,(H4,21,22,24). The Bertz CT molecular complexity index is 785. The van der Waals surface area contributed by atoms with Crippen LogP contribution in [0.5, 0.6) is 0 Å². The van der Waals surface area contributed by atoms with Gasteiger partial charge in [-0.25, -0.2) is 0 Å². The summed E-state index contributed by atoms with van der Waals surface area (Å²) in [6.45, 7) is 2.90. The van der Waals surface area contributed by atoms with Gasteiger partial charge in [0.2, 0.25) is 5.91 Å². The van der Waals surface area contributed by atoms with Gasteiger partial charge < -0.3 is 21.7 Å². The Morgan fingerprint density at radius 3 is 2.81 bits per heavy atom. The molecule has 26 heavy (non-hydrogen) atoms. The third kappa shape index (κ3) is 4.73. The van der Waals surface area contributed by atoms with Gasteiger partial charge in [-0.2, -0.15) is 0 Å². The van der Waals surface area contributed by atoms with E-state index in [0.717, 1.165) is 38.9 Å². The van der Waals surface area contributed by atoms with Crippen LogP contribution in [0.3, 0.4) is 0 Å². The molecule has 1 aliphatic heterocycles. The van der Waals surface area contributed by atoms with Crippen molar-refractivity contribution in [1.29, 1.82) is 0 Å². The van der Waals surface area contributed by atoms with Crippen LogP contribution in [0.25, 0.3) is 10.8 Å². The minimum absolute atomic E-state index is 0.102. The summed E-state index contributed by atoms with van der Waals surface area (Å²) in [5, 5.41) is 5.80. The van der Waals surface area contributed by atoms with Gasteiger partial charge in [0.1, 0.15) is 0 Å². The largest absolute Gasteiger partial charge is 0.370 e.